The van der Waals surface area contributed by atoms with E-state index in [1.165, 1.54) is 5.37 Å². The third-order valence-electron chi connectivity index (χ3n) is 1.62. The summed E-state index contributed by atoms with van der Waals surface area (Å²) in [6.07, 6.45) is 10.5. The zero-order valence-electron chi connectivity index (χ0n) is 7.82. The second-order valence-corrected chi connectivity index (χ2v) is 3.57. The van der Waals surface area contributed by atoms with E-state index in [1.54, 1.807) is 11.8 Å². The van der Waals surface area contributed by atoms with Crippen LogP contribution >= 0.6 is 11.8 Å². The van der Waals surface area contributed by atoms with Crippen LogP contribution in [0.15, 0.2) is 24.4 Å². The van der Waals surface area contributed by atoms with Gasteiger partial charge in [0.15, 0.2) is 0 Å². The van der Waals surface area contributed by atoms with Gasteiger partial charge in [-0.15, -0.1) is 6.08 Å². The molecule has 0 atom stereocenters. The Bertz CT molecular complexity index is 177. The molecule has 0 aromatic heterocycles. The summed E-state index contributed by atoms with van der Waals surface area (Å²) in [4.78, 5) is 2.27. The molecule has 0 aliphatic carbocycles. The van der Waals surface area contributed by atoms with Gasteiger partial charge in [0.25, 0.3) is 0 Å². The van der Waals surface area contributed by atoms with E-state index in [9.17, 15) is 0 Å². The molecule has 1 nitrogen and oxygen atoms in total. The van der Waals surface area contributed by atoms with Crippen molar-refractivity contribution in [3.8, 4) is 0 Å². The van der Waals surface area contributed by atoms with Gasteiger partial charge in [-0.3, -0.25) is 0 Å². The van der Waals surface area contributed by atoms with E-state index in [0.29, 0.717) is 6.04 Å². The summed E-state index contributed by atoms with van der Waals surface area (Å²) in [6.45, 7) is 4.39. The smallest absolute Gasteiger partial charge is 0.0110 e. The molecule has 0 fully saturated rings. The first-order chi connectivity index (χ1) is 5.25. The molecule has 0 saturated heterocycles. The predicted molar refractivity (Wildman–Crippen MR) is 52.0 cm³/mol. The summed E-state index contributed by atoms with van der Waals surface area (Å²) < 4.78 is 0. The molecule has 0 aromatic rings. The Morgan fingerprint density at radius 3 is 2.42 bits per heavy atom. The van der Waals surface area contributed by atoms with Gasteiger partial charge in [-0.2, -0.15) is 6.08 Å². The molecule has 12 heavy (non-hydrogen) atoms. The fourth-order valence-corrected chi connectivity index (χ4v) is 1.74. The maximum Gasteiger partial charge on any atom is 0.0110 e. The van der Waals surface area contributed by atoms with Gasteiger partial charge in [-0.05, 0) is 26.3 Å². The van der Waals surface area contributed by atoms with Crippen LogP contribution in [0.25, 0.3) is 0 Å². The Kier molecular flexibility index (Phi) is 6.43. The van der Waals surface area contributed by atoms with Crippen LogP contribution in [0, 0.1) is 5.37 Å². The molecule has 0 saturated carbocycles. The van der Waals surface area contributed by atoms with Crippen molar-refractivity contribution in [1.29, 1.82) is 0 Å². The molecule has 0 aromatic carbocycles. The largest absolute Gasteiger partial charge is 0.420 e. The Balaban J connectivity index is 0.00000121. The second kappa shape index (κ2) is 6.12. The molecule has 0 spiro atoms. The average molecular weight is 257 g/mol. The van der Waals surface area contributed by atoms with E-state index in [4.69, 9.17) is 0 Å². The topological polar surface area (TPSA) is 3.24 Å². The first kappa shape index (κ1) is 12.6. The molecular formula is C9H14NSY-. The summed E-state index contributed by atoms with van der Waals surface area (Å²) in [7, 11) is 0. The van der Waals surface area contributed by atoms with Crippen LogP contribution in [0.1, 0.15) is 13.8 Å². The van der Waals surface area contributed by atoms with Crippen LogP contribution in [-0.2, 0) is 32.7 Å². The summed E-state index contributed by atoms with van der Waals surface area (Å²) in [6, 6.07) is 0.554. The molecule has 1 radical (unpaired) electrons. The van der Waals surface area contributed by atoms with E-state index in [0.717, 1.165) is 0 Å². The SMILES string of the molecule is CS[C-]1C=CC=CN1C(C)C.[Y]. The minimum absolute atomic E-state index is 0. The molecule has 1 rings (SSSR count). The van der Waals surface area contributed by atoms with Crippen LogP contribution in [0.5, 0.6) is 0 Å². The zero-order chi connectivity index (χ0) is 8.27. The van der Waals surface area contributed by atoms with E-state index in [1.807, 2.05) is 0 Å². The summed E-state index contributed by atoms with van der Waals surface area (Å²) in [5.74, 6) is 0. The summed E-state index contributed by atoms with van der Waals surface area (Å²) in [5, 5.41) is 1.32. The standard InChI is InChI=1S/C9H14NS.Y/c1-8(2)10-7-5-4-6-9(10)11-3;/h4-8H,1-3H3;/q-1;. The Morgan fingerprint density at radius 2 is 2.00 bits per heavy atom. The van der Waals surface area contributed by atoms with E-state index >= 15 is 0 Å². The van der Waals surface area contributed by atoms with Gasteiger partial charge in [0.05, 0.1) is 0 Å². The van der Waals surface area contributed by atoms with Crippen LogP contribution < -0.4 is 0 Å². The Hall–Kier alpha value is 0.604. The minimum atomic E-state index is 0. The van der Waals surface area contributed by atoms with Crippen molar-refractivity contribution in [2.24, 2.45) is 0 Å². The summed E-state index contributed by atoms with van der Waals surface area (Å²) in [5.41, 5.74) is 0. The second-order valence-electron chi connectivity index (χ2n) is 2.74. The molecule has 1 aliphatic heterocycles. The number of thioether (sulfide) groups is 1. The van der Waals surface area contributed by atoms with Gasteiger partial charge in [0, 0.05) is 38.8 Å². The maximum atomic E-state index is 2.27. The fraction of sp³-hybridized carbons (Fsp3) is 0.444. The average Bonchev–Trinajstić information content (AvgIpc) is 2.04. The Labute approximate surface area is 105 Å². The molecule has 1 aliphatic rings. The third-order valence-corrected chi connectivity index (χ3v) is 2.38. The fourth-order valence-electron chi connectivity index (χ4n) is 1.04. The number of hydrogen-bond acceptors (Lipinski definition) is 2. The molecule has 0 unspecified atom stereocenters. The third kappa shape index (κ3) is 3.16. The van der Waals surface area contributed by atoms with Crippen LogP contribution in [0.3, 0.4) is 0 Å². The van der Waals surface area contributed by atoms with Crippen molar-refractivity contribution in [3.05, 3.63) is 29.8 Å². The van der Waals surface area contributed by atoms with Crippen molar-refractivity contribution < 1.29 is 32.7 Å². The molecular weight excluding hydrogens is 243 g/mol. The van der Waals surface area contributed by atoms with Crippen LogP contribution in [-0.4, -0.2) is 17.2 Å². The number of hydrogen-bond donors (Lipinski definition) is 0. The van der Waals surface area contributed by atoms with Gasteiger partial charge in [-0.25, -0.2) is 17.8 Å². The number of rotatable bonds is 2. The monoisotopic (exact) mass is 257 g/mol. The van der Waals surface area contributed by atoms with E-state index < -0.39 is 0 Å². The molecule has 1 heterocycles. The van der Waals surface area contributed by atoms with Gasteiger partial charge >= 0.3 is 0 Å². The normalized spacial score (nSPS) is 15.3. The molecule has 0 N–H and O–H groups in total. The van der Waals surface area contributed by atoms with Crippen molar-refractivity contribution in [2.45, 2.75) is 19.9 Å². The van der Waals surface area contributed by atoms with Crippen LogP contribution in [0.2, 0.25) is 0 Å². The summed E-state index contributed by atoms with van der Waals surface area (Å²) >= 11 is 1.79. The van der Waals surface area contributed by atoms with Crippen molar-refractivity contribution >= 4 is 11.8 Å². The number of allylic oxidation sites excluding steroid dienone is 2. The van der Waals surface area contributed by atoms with Gasteiger partial charge in [0.1, 0.15) is 0 Å². The Morgan fingerprint density at radius 1 is 1.33 bits per heavy atom. The molecule has 65 valence electrons. The van der Waals surface area contributed by atoms with Crippen molar-refractivity contribution in [3.63, 3.8) is 0 Å². The zero-order valence-corrected chi connectivity index (χ0v) is 11.5. The molecule has 0 bridgehead atoms. The van der Waals surface area contributed by atoms with Gasteiger partial charge in [-0.1, -0.05) is 5.37 Å². The first-order valence-electron chi connectivity index (χ1n) is 3.80. The van der Waals surface area contributed by atoms with Crippen LogP contribution in [0.4, 0.5) is 0 Å². The van der Waals surface area contributed by atoms with E-state index in [-0.39, 0.29) is 32.7 Å². The van der Waals surface area contributed by atoms with Crippen molar-refractivity contribution in [2.75, 3.05) is 6.26 Å². The quantitative estimate of drug-likeness (QED) is 0.700. The van der Waals surface area contributed by atoms with Gasteiger partial charge < -0.3 is 4.90 Å². The molecule has 3 heteroatoms. The predicted octanol–water partition coefficient (Wildman–Crippen LogP) is 2.63. The minimum Gasteiger partial charge on any atom is -0.420 e. The van der Waals surface area contributed by atoms with Crippen molar-refractivity contribution in [1.82, 2.24) is 4.90 Å². The first-order valence-corrected chi connectivity index (χ1v) is 5.02. The maximum absolute atomic E-state index is 2.27. The molecule has 0 amide bonds. The van der Waals surface area contributed by atoms with E-state index in [2.05, 4.69) is 49.4 Å². The number of nitrogens with zero attached hydrogens (tertiary/aromatic N) is 1. The van der Waals surface area contributed by atoms with Gasteiger partial charge in [0.2, 0.25) is 0 Å².